The molecule has 25 heavy (non-hydrogen) atoms. The molecule has 6 nitrogen and oxygen atoms in total. The number of fused-ring (bicyclic) bond motifs is 1. The van der Waals surface area contributed by atoms with Crippen LogP contribution in [-0.4, -0.2) is 33.3 Å². The average Bonchev–Trinajstić information content (AvgIpc) is 3.04. The van der Waals surface area contributed by atoms with Gasteiger partial charge >= 0.3 is 5.97 Å². The maximum Gasteiger partial charge on any atom is 0.329 e. The van der Waals surface area contributed by atoms with Crippen LogP contribution in [0.25, 0.3) is 6.08 Å². The summed E-state index contributed by atoms with van der Waals surface area (Å²) >= 11 is 0. The highest BCUT2D eigenvalue weighted by molar-refractivity contribution is 5.88. The van der Waals surface area contributed by atoms with Crippen LogP contribution in [0.2, 0.25) is 0 Å². The van der Waals surface area contributed by atoms with Gasteiger partial charge in [-0.1, -0.05) is 37.1 Å². The Morgan fingerprint density at radius 1 is 1.24 bits per heavy atom. The molecule has 1 aromatic carbocycles. The van der Waals surface area contributed by atoms with E-state index < -0.39 is 17.6 Å². The van der Waals surface area contributed by atoms with Crippen LogP contribution < -0.4 is 5.32 Å². The van der Waals surface area contributed by atoms with Gasteiger partial charge in [-0.25, -0.2) is 4.79 Å². The fraction of sp³-hybridized carbons (Fsp3) is 0.421. The van der Waals surface area contributed by atoms with E-state index in [1.165, 1.54) is 11.8 Å². The van der Waals surface area contributed by atoms with Crippen LogP contribution in [-0.2, 0) is 14.4 Å². The van der Waals surface area contributed by atoms with Gasteiger partial charge in [0.2, 0.25) is 11.8 Å². The third-order valence-electron chi connectivity index (χ3n) is 5.09. The van der Waals surface area contributed by atoms with Gasteiger partial charge in [0, 0.05) is 13.1 Å². The van der Waals surface area contributed by atoms with E-state index in [-0.39, 0.29) is 18.2 Å². The van der Waals surface area contributed by atoms with Crippen molar-refractivity contribution in [3.05, 3.63) is 41.6 Å². The van der Waals surface area contributed by atoms with Crippen molar-refractivity contribution >= 4 is 23.9 Å². The first-order valence-corrected chi connectivity index (χ1v) is 8.53. The predicted octanol–water partition coefficient (Wildman–Crippen LogP) is 2.46. The Morgan fingerprint density at radius 3 is 2.56 bits per heavy atom. The maximum absolute atomic E-state index is 12.6. The Labute approximate surface area is 146 Å². The summed E-state index contributed by atoms with van der Waals surface area (Å²) in [6.45, 7) is 1.46. The number of carboxylic acid groups (broad SMARTS) is 1. The van der Waals surface area contributed by atoms with Gasteiger partial charge in [0.25, 0.3) is 0 Å². The van der Waals surface area contributed by atoms with Gasteiger partial charge in [-0.15, -0.1) is 0 Å². The molecule has 1 saturated carbocycles. The minimum absolute atomic E-state index is 0.0377. The Hall–Kier alpha value is -2.63. The number of benzene rings is 1. The third-order valence-corrected chi connectivity index (χ3v) is 5.09. The van der Waals surface area contributed by atoms with Gasteiger partial charge in [0.1, 0.15) is 5.54 Å². The van der Waals surface area contributed by atoms with Gasteiger partial charge in [-0.05, 0) is 30.0 Å². The first-order chi connectivity index (χ1) is 11.9. The van der Waals surface area contributed by atoms with Gasteiger partial charge in [0.05, 0.1) is 12.5 Å². The molecule has 0 saturated heterocycles. The lowest BCUT2D eigenvalue weighted by molar-refractivity contribution is -0.147. The monoisotopic (exact) mass is 342 g/mol. The number of amides is 2. The van der Waals surface area contributed by atoms with E-state index in [2.05, 4.69) is 5.32 Å². The molecule has 0 bridgehead atoms. The lowest BCUT2D eigenvalue weighted by Crippen LogP contribution is -2.53. The number of carbonyl (C=O) groups excluding carboxylic acids is 2. The van der Waals surface area contributed by atoms with Crippen LogP contribution in [0, 0.1) is 0 Å². The molecule has 2 N–H and O–H groups in total. The highest BCUT2D eigenvalue weighted by Crippen LogP contribution is 2.34. The summed E-state index contributed by atoms with van der Waals surface area (Å²) in [5.74, 6) is -1.48. The summed E-state index contributed by atoms with van der Waals surface area (Å²) in [6.07, 6.45) is 6.06. The number of carbonyl (C=O) groups is 3. The number of carboxylic acids is 1. The summed E-state index contributed by atoms with van der Waals surface area (Å²) in [5, 5.41) is 12.3. The molecule has 2 amide bonds. The second-order valence-electron chi connectivity index (χ2n) is 6.73. The molecule has 1 atom stereocenters. The second kappa shape index (κ2) is 6.70. The quantitative estimate of drug-likeness (QED) is 0.880. The van der Waals surface area contributed by atoms with E-state index >= 15 is 0 Å². The van der Waals surface area contributed by atoms with Crippen LogP contribution in [0.1, 0.15) is 56.2 Å². The van der Waals surface area contributed by atoms with E-state index in [0.29, 0.717) is 12.8 Å². The molecule has 1 aromatic rings. The SMILES string of the molecule is CC(=O)N1C=Cc2ccccc2C1CC(=O)NC1(C(=O)O)CCCC1. The molecule has 1 aliphatic heterocycles. The first-order valence-electron chi connectivity index (χ1n) is 8.53. The topological polar surface area (TPSA) is 86.7 Å². The molecule has 1 aliphatic carbocycles. The zero-order chi connectivity index (χ0) is 18.0. The lowest BCUT2D eigenvalue weighted by Gasteiger charge is -2.33. The fourth-order valence-electron chi connectivity index (χ4n) is 3.78. The normalized spacial score (nSPS) is 20.8. The summed E-state index contributed by atoms with van der Waals surface area (Å²) in [6, 6.07) is 7.18. The van der Waals surface area contributed by atoms with Crippen LogP contribution in [0.15, 0.2) is 30.5 Å². The van der Waals surface area contributed by atoms with Gasteiger partial charge in [-0.2, -0.15) is 0 Å². The van der Waals surface area contributed by atoms with Gasteiger partial charge in [0.15, 0.2) is 0 Å². The molecule has 0 aromatic heterocycles. The Kier molecular flexibility index (Phi) is 4.61. The van der Waals surface area contributed by atoms with Crippen molar-refractivity contribution in [2.24, 2.45) is 0 Å². The van der Waals surface area contributed by atoms with Crippen LogP contribution in [0.4, 0.5) is 0 Å². The second-order valence-corrected chi connectivity index (χ2v) is 6.73. The minimum atomic E-state index is -1.16. The van der Waals surface area contributed by atoms with Crippen LogP contribution in [0.3, 0.4) is 0 Å². The zero-order valence-electron chi connectivity index (χ0n) is 14.2. The molecule has 132 valence electrons. The molecule has 1 fully saturated rings. The Bertz CT molecular complexity index is 735. The molecule has 0 spiro atoms. The van der Waals surface area contributed by atoms with Crippen molar-refractivity contribution in [3.63, 3.8) is 0 Å². The van der Waals surface area contributed by atoms with E-state index in [9.17, 15) is 19.5 Å². The van der Waals surface area contributed by atoms with E-state index in [0.717, 1.165) is 24.0 Å². The number of nitrogens with one attached hydrogen (secondary N) is 1. The van der Waals surface area contributed by atoms with E-state index in [1.807, 2.05) is 30.3 Å². The number of hydrogen-bond acceptors (Lipinski definition) is 3. The van der Waals surface area contributed by atoms with E-state index in [4.69, 9.17) is 0 Å². The maximum atomic E-state index is 12.6. The smallest absolute Gasteiger partial charge is 0.329 e. The van der Waals surface area contributed by atoms with Crippen molar-refractivity contribution in [1.29, 1.82) is 0 Å². The highest BCUT2D eigenvalue weighted by Gasteiger charge is 2.43. The molecule has 1 unspecified atom stereocenters. The predicted molar refractivity (Wildman–Crippen MR) is 92.3 cm³/mol. The lowest BCUT2D eigenvalue weighted by atomic mass is 9.92. The van der Waals surface area contributed by atoms with E-state index in [1.54, 1.807) is 6.20 Å². The van der Waals surface area contributed by atoms with Crippen LogP contribution in [0.5, 0.6) is 0 Å². The Balaban J connectivity index is 1.82. The van der Waals surface area contributed by atoms with Gasteiger partial charge < -0.3 is 15.3 Å². The summed E-state index contributed by atoms with van der Waals surface area (Å²) < 4.78 is 0. The summed E-state index contributed by atoms with van der Waals surface area (Å²) in [5.41, 5.74) is 0.695. The number of nitrogens with zero attached hydrogens (tertiary/aromatic N) is 1. The molecule has 0 radical (unpaired) electrons. The number of rotatable bonds is 4. The summed E-state index contributed by atoms with van der Waals surface area (Å²) in [7, 11) is 0. The molecule has 3 rings (SSSR count). The van der Waals surface area contributed by atoms with Crippen molar-refractivity contribution in [1.82, 2.24) is 10.2 Å². The van der Waals surface area contributed by atoms with Crippen molar-refractivity contribution in [2.75, 3.05) is 0 Å². The first kappa shape index (κ1) is 17.2. The molecule has 6 heteroatoms. The van der Waals surface area contributed by atoms with Gasteiger partial charge in [-0.3, -0.25) is 9.59 Å². The highest BCUT2D eigenvalue weighted by atomic mass is 16.4. The zero-order valence-corrected chi connectivity index (χ0v) is 14.2. The Morgan fingerprint density at radius 2 is 1.92 bits per heavy atom. The standard InChI is InChI=1S/C19H22N2O4/c1-13(22)21-11-8-14-6-2-3-7-15(14)16(21)12-17(23)20-19(18(24)25)9-4-5-10-19/h2-3,6-8,11,16H,4-5,9-10,12H2,1H3,(H,20,23)(H,24,25). The molecule has 2 aliphatic rings. The van der Waals surface area contributed by atoms with Crippen molar-refractivity contribution in [2.45, 2.75) is 50.6 Å². The van der Waals surface area contributed by atoms with Crippen molar-refractivity contribution in [3.8, 4) is 0 Å². The fourth-order valence-corrected chi connectivity index (χ4v) is 3.78. The number of hydrogen-bond donors (Lipinski definition) is 2. The largest absolute Gasteiger partial charge is 0.480 e. The van der Waals surface area contributed by atoms with Crippen LogP contribution >= 0.6 is 0 Å². The summed E-state index contributed by atoms with van der Waals surface area (Å²) in [4.78, 5) is 37.7. The van der Waals surface area contributed by atoms with Crippen molar-refractivity contribution < 1.29 is 19.5 Å². The molecule has 1 heterocycles. The molecular formula is C19H22N2O4. The molecular weight excluding hydrogens is 320 g/mol. The number of aliphatic carboxylic acids is 1. The minimum Gasteiger partial charge on any atom is -0.480 e. The third kappa shape index (κ3) is 3.29. The average molecular weight is 342 g/mol.